The number of H-pyrrole nitrogens is 1. The molecule has 0 aliphatic carbocycles. The minimum absolute atomic E-state index is 0.150. The molecule has 0 spiro atoms. The van der Waals surface area contributed by atoms with Crippen molar-refractivity contribution in [2.75, 3.05) is 11.4 Å². The van der Waals surface area contributed by atoms with Gasteiger partial charge >= 0.3 is 0 Å². The van der Waals surface area contributed by atoms with E-state index in [0.717, 1.165) is 24.2 Å². The number of imidazole rings is 1. The van der Waals surface area contributed by atoms with Crippen LogP contribution in [0, 0.1) is 12.7 Å². The molecule has 1 aliphatic heterocycles. The molecule has 2 N–H and O–H groups in total. The third kappa shape index (κ3) is 4.03. The molecule has 29 heavy (non-hydrogen) atoms. The maximum absolute atomic E-state index is 13.1. The summed E-state index contributed by atoms with van der Waals surface area (Å²) in [5, 5.41) is 2.87. The van der Waals surface area contributed by atoms with Crippen LogP contribution in [-0.2, 0) is 11.3 Å². The Balaban J connectivity index is 1.41. The third-order valence-corrected chi connectivity index (χ3v) is 4.99. The van der Waals surface area contributed by atoms with E-state index in [1.807, 2.05) is 24.3 Å². The first kappa shape index (κ1) is 18.9. The molecule has 0 unspecified atom stereocenters. The summed E-state index contributed by atoms with van der Waals surface area (Å²) < 4.78 is 13.1. The number of rotatable bonds is 5. The summed E-state index contributed by atoms with van der Waals surface area (Å²) in [6.45, 7) is 2.88. The largest absolute Gasteiger partial charge is 0.347 e. The van der Waals surface area contributed by atoms with E-state index in [9.17, 15) is 14.0 Å². The number of aromatic nitrogens is 2. The Morgan fingerprint density at radius 3 is 2.55 bits per heavy atom. The molecule has 1 fully saturated rings. The lowest BCUT2D eigenvalue weighted by Crippen LogP contribution is -2.25. The maximum atomic E-state index is 13.1. The number of hydrogen-bond acceptors (Lipinski definition) is 3. The summed E-state index contributed by atoms with van der Waals surface area (Å²) in [4.78, 5) is 33.6. The Morgan fingerprint density at radius 2 is 1.90 bits per heavy atom. The van der Waals surface area contributed by atoms with Gasteiger partial charge in [0.1, 0.15) is 17.3 Å². The van der Waals surface area contributed by atoms with Crippen LogP contribution < -0.4 is 10.2 Å². The van der Waals surface area contributed by atoms with Crippen LogP contribution in [0.15, 0.2) is 48.5 Å². The average molecular weight is 392 g/mol. The van der Waals surface area contributed by atoms with Crippen molar-refractivity contribution in [1.82, 2.24) is 15.3 Å². The standard InChI is InChI=1S/C22H21FN4O2/c1-14-20(26-21(25-14)16-6-8-17(23)9-7-16)22(29)24-13-15-4-10-18(11-5-15)27-12-2-3-19(27)28/h4-11H,2-3,12-13H2,1H3,(H,24,29)(H,25,26). The fourth-order valence-corrected chi connectivity index (χ4v) is 3.41. The van der Waals surface area contributed by atoms with E-state index in [-0.39, 0.29) is 17.6 Å². The van der Waals surface area contributed by atoms with Gasteiger partial charge in [0, 0.05) is 36.5 Å². The molecule has 2 amide bonds. The molecule has 6 nitrogen and oxygen atoms in total. The smallest absolute Gasteiger partial charge is 0.272 e. The number of aryl methyl sites for hydroxylation is 1. The number of amides is 2. The second kappa shape index (κ2) is 7.87. The number of carbonyl (C=O) groups excluding carboxylic acids is 2. The number of hydrogen-bond donors (Lipinski definition) is 2. The van der Waals surface area contributed by atoms with Crippen LogP contribution in [0.1, 0.15) is 34.6 Å². The van der Waals surface area contributed by atoms with Crippen molar-refractivity contribution in [3.8, 4) is 11.4 Å². The SMILES string of the molecule is Cc1[nH]c(-c2ccc(F)cc2)nc1C(=O)NCc1ccc(N2CCCC2=O)cc1. The van der Waals surface area contributed by atoms with Crippen molar-refractivity contribution in [2.45, 2.75) is 26.3 Å². The number of nitrogens with zero attached hydrogens (tertiary/aromatic N) is 2. The molecule has 3 aromatic rings. The topological polar surface area (TPSA) is 78.1 Å². The van der Waals surface area contributed by atoms with Crippen LogP contribution in [0.2, 0.25) is 0 Å². The highest BCUT2D eigenvalue weighted by molar-refractivity contribution is 5.95. The van der Waals surface area contributed by atoms with Gasteiger partial charge in [-0.1, -0.05) is 12.1 Å². The van der Waals surface area contributed by atoms with Crippen LogP contribution in [0.4, 0.5) is 10.1 Å². The molecule has 0 bridgehead atoms. The van der Waals surface area contributed by atoms with Crippen LogP contribution in [0.3, 0.4) is 0 Å². The van der Waals surface area contributed by atoms with E-state index < -0.39 is 0 Å². The van der Waals surface area contributed by atoms with Crippen molar-refractivity contribution in [3.63, 3.8) is 0 Å². The van der Waals surface area contributed by atoms with E-state index >= 15 is 0 Å². The molecule has 1 aromatic heterocycles. The lowest BCUT2D eigenvalue weighted by atomic mass is 10.2. The van der Waals surface area contributed by atoms with E-state index in [1.54, 1.807) is 24.0 Å². The first-order valence-electron chi connectivity index (χ1n) is 9.51. The quantitative estimate of drug-likeness (QED) is 0.697. The molecule has 2 aromatic carbocycles. The van der Waals surface area contributed by atoms with E-state index in [4.69, 9.17) is 0 Å². The normalized spacial score (nSPS) is 13.7. The molecule has 1 saturated heterocycles. The zero-order valence-electron chi connectivity index (χ0n) is 16.0. The first-order valence-corrected chi connectivity index (χ1v) is 9.51. The number of nitrogens with one attached hydrogen (secondary N) is 2. The predicted octanol–water partition coefficient (Wildman–Crippen LogP) is 3.58. The van der Waals surface area contributed by atoms with Gasteiger partial charge in [-0.05, 0) is 55.3 Å². The van der Waals surface area contributed by atoms with Crippen molar-refractivity contribution in [1.29, 1.82) is 0 Å². The number of anilines is 1. The van der Waals surface area contributed by atoms with Gasteiger partial charge in [-0.25, -0.2) is 9.37 Å². The fraction of sp³-hybridized carbons (Fsp3) is 0.227. The van der Waals surface area contributed by atoms with Crippen LogP contribution in [0.25, 0.3) is 11.4 Å². The maximum Gasteiger partial charge on any atom is 0.272 e. The second-order valence-electron chi connectivity index (χ2n) is 7.06. The number of benzene rings is 2. The minimum atomic E-state index is -0.324. The summed E-state index contributed by atoms with van der Waals surface area (Å²) in [5.74, 6) is 0.0605. The molecular formula is C22H21FN4O2. The second-order valence-corrected chi connectivity index (χ2v) is 7.06. The van der Waals surface area contributed by atoms with Gasteiger partial charge in [0.25, 0.3) is 5.91 Å². The van der Waals surface area contributed by atoms with Crippen molar-refractivity contribution >= 4 is 17.5 Å². The third-order valence-electron chi connectivity index (χ3n) is 4.99. The Morgan fingerprint density at radius 1 is 1.17 bits per heavy atom. The molecule has 2 heterocycles. The lowest BCUT2D eigenvalue weighted by Gasteiger charge is -2.16. The summed E-state index contributed by atoms with van der Waals surface area (Å²) in [6, 6.07) is 13.5. The van der Waals surface area contributed by atoms with Gasteiger partial charge in [-0.3, -0.25) is 9.59 Å². The van der Waals surface area contributed by atoms with Gasteiger partial charge in [0.2, 0.25) is 5.91 Å². The zero-order valence-corrected chi connectivity index (χ0v) is 16.0. The summed E-state index contributed by atoms with van der Waals surface area (Å²) in [7, 11) is 0. The van der Waals surface area contributed by atoms with Crippen LogP contribution in [-0.4, -0.2) is 28.3 Å². The summed E-state index contributed by atoms with van der Waals surface area (Å²) in [5.41, 5.74) is 3.48. The van der Waals surface area contributed by atoms with Gasteiger partial charge in [0.15, 0.2) is 0 Å². The Labute approximate surface area is 167 Å². The molecule has 148 valence electrons. The highest BCUT2D eigenvalue weighted by Gasteiger charge is 2.21. The average Bonchev–Trinajstić information content (AvgIpc) is 3.33. The zero-order chi connectivity index (χ0) is 20.4. The molecule has 0 radical (unpaired) electrons. The van der Waals surface area contributed by atoms with Gasteiger partial charge in [-0.2, -0.15) is 0 Å². The molecule has 1 aliphatic rings. The van der Waals surface area contributed by atoms with Crippen molar-refractivity contribution < 1.29 is 14.0 Å². The van der Waals surface area contributed by atoms with E-state index in [1.165, 1.54) is 12.1 Å². The summed E-state index contributed by atoms with van der Waals surface area (Å²) in [6.07, 6.45) is 1.49. The van der Waals surface area contributed by atoms with Crippen LogP contribution in [0.5, 0.6) is 0 Å². The van der Waals surface area contributed by atoms with Gasteiger partial charge in [0.05, 0.1) is 0 Å². The highest BCUT2D eigenvalue weighted by atomic mass is 19.1. The first-order chi connectivity index (χ1) is 14.0. The van der Waals surface area contributed by atoms with E-state index in [2.05, 4.69) is 15.3 Å². The van der Waals surface area contributed by atoms with Crippen molar-refractivity contribution in [2.24, 2.45) is 0 Å². The number of aromatic amines is 1. The fourth-order valence-electron chi connectivity index (χ4n) is 3.41. The monoisotopic (exact) mass is 392 g/mol. The Kier molecular flexibility index (Phi) is 5.12. The molecular weight excluding hydrogens is 371 g/mol. The molecule has 7 heteroatoms. The van der Waals surface area contributed by atoms with Crippen molar-refractivity contribution in [3.05, 3.63) is 71.3 Å². The molecule has 0 saturated carbocycles. The van der Waals surface area contributed by atoms with Crippen LogP contribution >= 0.6 is 0 Å². The number of halogens is 1. The van der Waals surface area contributed by atoms with E-state index in [0.29, 0.717) is 35.7 Å². The molecule has 4 rings (SSSR count). The molecule has 0 atom stereocenters. The summed E-state index contributed by atoms with van der Waals surface area (Å²) >= 11 is 0. The van der Waals surface area contributed by atoms with Gasteiger partial charge < -0.3 is 15.2 Å². The predicted molar refractivity (Wildman–Crippen MR) is 108 cm³/mol. The number of carbonyl (C=O) groups is 2. The lowest BCUT2D eigenvalue weighted by molar-refractivity contribution is -0.117. The minimum Gasteiger partial charge on any atom is -0.347 e. The Bertz CT molecular complexity index is 1040. The Hall–Kier alpha value is -3.48. The highest BCUT2D eigenvalue weighted by Crippen LogP contribution is 2.22. The van der Waals surface area contributed by atoms with Gasteiger partial charge in [-0.15, -0.1) is 0 Å².